The Labute approximate surface area is 107 Å². The van der Waals surface area contributed by atoms with Crippen LogP contribution in [0, 0.1) is 5.82 Å². The number of hydrogen-bond acceptors (Lipinski definition) is 4. The predicted molar refractivity (Wildman–Crippen MR) is 60.4 cm³/mol. The second-order valence-electron chi connectivity index (χ2n) is 2.92. The maximum absolute atomic E-state index is 13.5. The molecular weight excluding hydrogens is 294 g/mol. The zero-order chi connectivity index (χ0) is 13.2. The highest BCUT2D eigenvalue weighted by Gasteiger charge is 2.21. The van der Waals surface area contributed by atoms with Crippen LogP contribution in [0.15, 0.2) is 17.0 Å². The van der Waals surface area contributed by atoms with E-state index in [1.54, 1.807) is 0 Å². The van der Waals surface area contributed by atoms with Crippen molar-refractivity contribution in [1.29, 1.82) is 0 Å². The molecule has 0 aliphatic rings. The fraction of sp³-hybridized carbons (Fsp3) is 0.222. The minimum atomic E-state index is -4.10. The largest absolute Gasteiger partial charge is 0.462 e. The quantitative estimate of drug-likeness (QED) is 0.636. The number of rotatable bonds is 3. The highest BCUT2D eigenvalue weighted by atomic mass is 35.7. The molecule has 17 heavy (non-hydrogen) atoms. The Morgan fingerprint density at radius 1 is 1.47 bits per heavy atom. The number of hydrogen-bond donors (Lipinski definition) is 0. The summed E-state index contributed by atoms with van der Waals surface area (Å²) in [5.41, 5.74) is -0.571. The van der Waals surface area contributed by atoms with Crippen molar-refractivity contribution in [2.45, 2.75) is 11.8 Å². The lowest BCUT2D eigenvalue weighted by Gasteiger charge is -2.06. The molecule has 0 amide bonds. The molecule has 0 saturated heterocycles. The number of halogens is 3. The van der Waals surface area contributed by atoms with Crippen LogP contribution in [-0.2, 0) is 13.8 Å². The Kier molecular flexibility index (Phi) is 4.35. The van der Waals surface area contributed by atoms with E-state index < -0.39 is 36.3 Å². The highest BCUT2D eigenvalue weighted by Crippen LogP contribution is 2.26. The van der Waals surface area contributed by atoms with Crippen LogP contribution in [0.5, 0.6) is 0 Å². The van der Waals surface area contributed by atoms with Gasteiger partial charge in [0.25, 0.3) is 9.05 Å². The fourth-order valence-corrected chi connectivity index (χ4v) is 2.13. The molecule has 0 radical (unpaired) electrons. The van der Waals surface area contributed by atoms with Crippen LogP contribution in [-0.4, -0.2) is 21.0 Å². The van der Waals surface area contributed by atoms with E-state index >= 15 is 0 Å². The summed E-state index contributed by atoms with van der Waals surface area (Å²) < 4.78 is 40.2. The molecule has 1 aromatic carbocycles. The third kappa shape index (κ3) is 3.31. The summed E-state index contributed by atoms with van der Waals surface area (Å²) in [6, 6.07) is 1.60. The normalized spacial score (nSPS) is 11.3. The highest BCUT2D eigenvalue weighted by molar-refractivity contribution is 8.13. The molecule has 0 bridgehead atoms. The summed E-state index contributed by atoms with van der Waals surface area (Å²) in [6.07, 6.45) is 0. The second kappa shape index (κ2) is 5.20. The minimum absolute atomic E-state index is 0.0216. The average molecular weight is 301 g/mol. The first kappa shape index (κ1) is 14.2. The molecule has 0 unspecified atom stereocenters. The molecule has 4 nitrogen and oxygen atoms in total. The molecule has 0 fully saturated rings. The SMILES string of the molecule is CCOC(=O)c1cc(S(=O)(=O)Cl)cc(Cl)c1F. The first-order valence-electron chi connectivity index (χ1n) is 4.38. The zero-order valence-corrected chi connectivity index (χ0v) is 10.9. The van der Waals surface area contributed by atoms with Crippen molar-refractivity contribution >= 4 is 37.3 Å². The smallest absolute Gasteiger partial charge is 0.341 e. The minimum Gasteiger partial charge on any atom is -0.462 e. The van der Waals surface area contributed by atoms with E-state index in [2.05, 4.69) is 4.74 Å². The molecule has 1 rings (SSSR count). The number of carbonyl (C=O) groups is 1. The lowest BCUT2D eigenvalue weighted by molar-refractivity contribution is 0.0520. The molecule has 0 heterocycles. The Morgan fingerprint density at radius 2 is 2.06 bits per heavy atom. The molecular formula is C9H7Cl2FO4S. The molecule has 0 atom stereocenters. The maximum Gasteiger partial charge on any atom is 0.341 e. The van der Waals surface area contributed by atoms with E-state index in [1.165, 1.54) is 6.92 Å². The Morgan fingerprint density at radius 3 is 2.53 bits per heavy atom. The zero-order valence-electron chi connectivity index (χ0n) is 8.54. The summed E-state index contributed by atoms with van der Waals surface area (Å²) in [6.45, 7) is 1.55. The van der Waals surface area contributed by atoms with Crippen molar-refractivity contribution in [2.75, 3.05) is 6.61 Å². The Balaban J connectivity index is 3.40. The molecule has 0 aliphatic heterocycles. The second-order valence-corrected chi connectivity index (χ2v) is 5.90. The number of esters is 1. The molecule has 0 saturated carbocycles. The van der Waals surface area contributed by atoms with Crippen molar-refractivity contribution in [2.24, 2.45) is 0 Å². The first-order valence-corrected chi connectivity index (χ1v) is 7.07. The first-order chi connectivity index (χ1) is 7.77. The molecule has 0 aliphatic carbocycles. The van der Waals surface area contributed by atoms with Crippen molar-refractivity contribution in [1.82, 2.24) is 0 Å². The molecule has 94 valence electrons. The maximum atomic E-state index is 13.5. The van der Waals surface area contributed by atoms with Crippen LogP contribution in [0.2, 0.25) is 5.02 Å². The van der Waals surface area contributed by atoms with Gasteiger partial charge >= 0.3 is 5.97 Å². The van der Waals surface area contributed by atoms with Gasteiger partial charge < -0.3 is 4.74 Å². The van der Waals surface area contributed by atoms with Gasteiger partial charge in [-0.3, -0.25) is 0 Å². The van der Waals surface area contributed by atoms with Gasteiger partial charge in [-0.1, -0.05) is 11.6 Å². The monoisotopic (exact) mass is 300 g/mol. The summed E-state index contributed by atoms with van der Waals surface area (Å²) in [5.74, 6) is -2.05. The molecule has 0 N–H and O–H groups in total. The van der Waals surface area contributed by atoms with Crippen LogP contribution in [0.4, 0.5) is 4.39 Å². The van der Waals surface area contributed by atoms with Gasteiger partial charge in [0.2, 0.25) is 0 Å². The standard InChI is InChI=1S/C9H7Cl2FO4S/c1-2-16-9(13)6-3-5(17(11,14)15)4-7(10)8(6)12/h3-4H,2H2,1H3. The van der Waals surface area contributed by atoms with E-state index in [0.717, 1.165) is 12.1 Å². The Bertz CT molecular complexity index is 556. The summed E-state index contributed by atoms with van der Waals surface area (Å²) >= 11 is 5.46. The van der Waals surface area contributed by atoms with E-state index in [-0.39, 0.29) is 6.61 Å². The van der Waals surface area contributed by atoms with E-state index in [4.69, 9.17) is 22.3 Å². The van der Waals surface area contributed by atoms with Gasteiger partial charge in [-0.05, 0) is 19.1 Å². The third-order valence-electron chi connectivity index (χ3n) is 1.78. The van der Waals surface area contributed by atoms with Gasteiger partial charge in [0.1, 0.15) is 0 Å². The summed E-state index contributed by atoms with van der Waals surface area (Å²) in [7, 11) is 0.976. The number of carbonyl (C=O) groups excluding carboxylic acids is 1. The van der Waals surface area contributed by atoms with E-state index in [0.29, 0.717) is 0 Å². The predicted octanol–water partition coefficient (Wildman–Crippen LogP) is 2.58. The number of ether oxygens (including phenoxy) is 1. The van der Waals surface area contributed by atoms with Crippen LogP contribution >= 0.6 is 22.3 Å². The lowest BCUT2D eigenvalue weighted by Crippen LogP contribution is -2.09. The van der Waals surface area contributed by atoms with Crippen LogP contribution in [0.1, 0.15) is 17.3 Å². The van der Waals surface area contributed by atoms with Crippen molar-refractivity contribution in [3.05, 3.63) is 28.5 Å². The van der Waals surface area contributed by atoms with E-state index in [1.807, 2.05) is 0 Å². The fourth-order valence-electron chi connectivity index (χ4n) is 1.06. The third-order valence-corrected chi connectivity index (χ3v) is 3.39. The van der Waals surface area contributed by atoms with Gasteiger partial charge in [0.15, 0.2) is 5.82 Å². The number of benzene rings is 1. The van der Waals surface area contributed by atoms with Gasteiger partial charge in [-0.2, -0.15) is 0 Å². The van der Waals surface area contributed by atoms with Crippen LogP contribution < -0.4 is 0 Å². The molecule has 0 aromatic heterocycles. The summed E-state index contributed by atoms with van der Waals surface area (Å²) in [5, 5.41) is -0.519. The lowest BCUT2D eigenvalue weighted by atomic mass is 10.2. The van der Waals surface area contributed by atoms with Crippen molar-refractivity contribution in [3.8, 4) is 0 Å². The van der Waals surface area contributed by atoms with Gasteiger partial charge in [0, 0.05) is 10.7 Å². The van der Waals surface area contributed by atoms with E-state index in [9.17, 15) is 17.6 Å². The topological polar surface area (TPSA) is 60.4 Å². The van der Waals surface area contributed by atoms with Gasteiger partial charge in [-0.25, -0.2) is 17.6 Å². The van der Waals surface area contributed by atoms with Gasteiger partial charge in [0.05, 0.1) is 22.1 Å². The van der Waals surface area contributed by atoms with Crippen LogP contribution in [0.3, 0.4) is 0 Å². The van der Waals surface area contributed by atoms with Crippen molar-refractivity contribution < 1.29 is 22.3 Å². The average Bonchev–Trinajstić information content (AvgIpc) is 2.20. The van der Waals surface area contributed by atoms with Gasteiger partial charge in [-0.15, -0.1) is 0 Å². The Hall–Kier alpha value is -0.850. The molecule has 8 heteroatoms. The van der Waals surface area contributed by atoms with Crippen molar-refractivity contribution in [3.63, 3.8) is 0 Å². The van der Waals surface area contributed by atoms with Crippen LogP contribution in [0.25, 0.3) is 0 Å². The molecule has 1 aromatic rings. The molecule has 0 spiro atoms. The summed E-state index contributed by atoms with van der Waals surface area (Å²) in [4.78, 5) is 10.9.